The van der Waals surface area contributed by atoms with Gasteiger partial charge in [0.25, 0.3) is 0 Å². The molecule has 0 saturated carbocycles. The summed E-state index contributed by atoms with van der Waals surface area (Å²) in [5.74, 6) is -1.16. The summed E-state index contributed by atoms with van der Waals surface area (Å²) < 4.78 is 4.82. The van der Waals surface area contributed by atoms with Gasteiger partial charge >= 0.3 is 5.97 Å². The number of ether oxygens (including phenoxy) is 1. The van der Waals surface area contributed by atoms with E-state index in [1.165, 1.54) is 12.0 Å². The number of rotatable bonds is 7. The minimum Gasteiger partial charge on any atom is -0.467 e. The molecule has 0 aromatic rings. The van der Waals surface area contributed by atoms with E-state index in [1.54, 1.807) is 21.0 Å². The molecule has 140 valence electrons. The van der Waals surface area contributed by atoms with Gasteiger partial charge in [0.15, 0.2) is 0 Å². The van der Waals surface area contributed by atoms with Crippen LogP contribution in [0, 0.1) is 11.3 Å². The highest BCUT2D eigenvalue weighted by Crippen LogP contribution is 2.23. The summed E-state index contributed by atoms with van der Waals surface area (Å²) in [7, 11) is 4.54. The Hall–Kier alpha value is -1.63. The van der Waals surface area contributed by atoms with E-state index in [-0.39, 0.29) is 17.7 Å². The van der Waals surface area contributed by atoms with E-state index in [1.807, 2.05) is 34.6 Å². The fourth-order valence-corrected chi connectivity index (χ4v) is 2.39. The SMILES string of the molecule is CN[C@@H](C)C(=O)N[C@H](C(=O)N(C)[C@H](C(=O)OC)C(C)C)C(C)(C)C. The second kappa shape index (κ2) is 9.01. The molecular formula is C17H33N3O4. The van der Waals surface area contributed by atoms with Crippen LogP contribution in [0.2, 0.25) is 0 Å². The van der Waals surface area contributed by atoms with Gasteiger partial charge in [-0.1, -0.05) is 34.6 Å². The zero-order valence-electron chi connectivity index (χ0n) is 16.4. The number of methoxy groups -OCH3 is 1. The number of likely N-dealkylation sites (N-methyl/N-ethyl adjacent to an activating group) is 2. The molecule has 0 aliphatic rings. The molecule has 0 spiro atoms. The smallest absolute Gasteiger partial charge is 0.328 e. The Morgan fingerprint density at radius 1 is 1.08 bits per heavy atom. The van der Waals surface area contributed by atoms with Crippen molar-refractivity contribution in [1.82, 2.24) is 15.5 Å². The van der Waals surface area contributed by atoms with Crippen molar-refractivity contribution in [2.75, 3.05) is 21.2 Å². The highest BCUT2D eigenvalue weighted by Gasteiger charge is 2.39. The van der Waals surface area contributed by atoms with Gasteiger partial charge in [0.2, 0.25) is 11.8 Å². The van der Waals surface area contributed by atoms with Crippen molar-refractivity contribution in [1.29, 1.82) is 0 Å². The molecule has 0 unspecified atom stereocenters. The maximum Gasteiger partial charge on any atom is 0.328 e. The van der Waals surface area contributed by atoms with Crippen molar-refractivity contribution in [2.24, 2.45) is 11.3 Å². The van der Waals surface area contributed by atoms with Crippen LogP contribution in [0.3, 0.4) is 0 Å². The van der Waals surface area contributed by atoms with Crippen LogP contribution in [0.1, 0.15) is 41.5 Å². The monoisotopic (exact) mass is 343 g/mol. The van der Waals surface area contributed by atoms with Crippen LogP contribution in [0.15, 0.2) is 0 Å². The average Bonchev–Trinajstić information content (AvgIpc) is 2.48. The Morgan fingerprint density at radius 2 is 1.58 bits per heavy atom. The largest absolute Gasteiger partial charge is 0.467 e. The summed E-state index contributed by atoms with van der Waals surface area (Å²) in [4.78, 5) is 38.6. The molecule has 0 aliphatic heterocycles. The predicted octanol–water partition coefficient (Wildman–Crippen LogP) is 0.781. The first-order chi connectivity index (χ1) is 10.9. The van der Waals surface area contributed by atoms with Crippen molar-refractivity contribution >= 4 is 17.8 Å². The molecule has 3 atom stereocenters. The van der Waals surface area contributed by atoms with Gasteiger partial charge in [-0.25, -0.2) is 4.79 Å². The molecule has 7 heteroatoms. The van der Waals surface area contributed by atoms with Crippen LogP contribution in [0.4, 0.5) is 0 Å². The first kappa shape index (κ1) is 22.4. The topological polar surface area (TPSA) is 87.7 Å². The Morgan fingerprint density at radius 3 is 1.92 bits per heavy atom. The zero-order chi connectivity index (χ0) is 19.2. The Kier molecular flexibility index (Phi) is 8.40. The van der Waals surface area contributed by atoms with E-state index in [0.29, 0.717) is 0 Å². The van der Waals surface area contributed by atoms with Gasteiger partial charge in [0, 0.05) is 7.05 Å². The molecule has 7 nitrogen and oxygen atoms in total. The Bertz CT molecular complexity index is 457. The van der Waals surface area contributed by atoms with E-state index < -0.39 is 29.5 Å². The molecule has 2 amide bonds. The Labute approximate surface area is 145 Å². The summed E-state index contributed by atoms with van der Waals surface area (Å²) in [6.07, 6.45) is 0. The molecule has 0 aromatic heterocycles. The van der Waals surface area contributed by atoms with Crippen molar-refractivity contribution in [3.8, 4) is 0 Å². The van der Waals surface area contributed by atoms with Crippen molar-refractivity contribution < 1.29 is 19.1 Å². The van der Waals surface area contributed by atoms with E-state index in [0.717, 1.165) is 0 Å². The third-order valence-electron chi connectivity index (χ3n) is 4.06. The molecule has 0 radical (unpaired) electrons. The first-order valence-corrected chi connectivity index (χ1v) is 8.20. The number of nitrogens with zero attached hydrogens (tertiary/aromatic N) is 1. The van der Waals surface area contributed by atoms with Crippen LogP contribution in [-0.2, 0) is 19.1 Å². The van der Waals surface area contributed by atoms with Gasteiger partial charge < -0.3 is 20.3 Å². The molecule has 0 fully saturated rings. The Balaban J connectivity index is 5.52. The second-order valence-corrected chi connectivity index (χ2v) is 7.48. The number of carbonyl (C=O) groups excluding carboxylic acids is 3. The number of hydrogen-bond donors (Lipinski definition) is 2. The van der Waals surface area contributed by atoms with Crippen molar-refractivity contribution in [3.63, 3.8) is 0 Å². The number of esters is 1. The normalized spacial score (nSPS) is 15.4. The quantitative estimate of drug-likeness (QED) is 0.667. The number of nitrogens with one attached hydrogen (secondary N) is 2. The highest BCUT2D eigenvalue weighted by molar-refractivity contribution is 5.92. The lowest BCUT2D eigenvalue weighted by molar-refractivity contribution is -0.155. The summed E-state index contributed by atoms with van der Waals surface area (Å²) in [6.45, 7) is 11.0. The third-order valence-corrected chi connectivity index (χ3v) is 4.06. The number of hydrogen-bond acceptors (Lipinski definition) is 5. The summed E-state index contributed by atoms with van der Waals surface area (Å²) in [5, 5.41) is 5.64. The average molecular weight is 343 g/mol. The fourth-order valence-electron chi connectivity index (χ4n) is 2.39. The van der Waals surface area contributed by atoms with Gasteiger partial charge in [-0.3, -0.25) is 9.59 Å². The maximum absolute atomic E-state index is 13.0. The van der Waals surface area contributed by atoms with E-state index in [9.17, 15) is 14.4 Å². The second-order valence-electron chi connectivity index (χ2n) is 7.48. The highest BCUT2D eigenvalue weighted by atomic mass is 16.5. The molecule has 0 aliphatic carbocycles. The van der Waals surface area contributed by atoms with Crippen molar-refractivity contribution in [2.45, 2.75) is 59.7 Å². The van der Waals surface area contributed by atoms with Gasteiger partial charge in [-0.15, -0.1) is 0 Å². The maximum atomic E-state index is 13.0. The molecule has 0 aromatic carbocycles. The first-order valence-electron chi connectivity index (χ1n) is 8.20. The lowest BCUT2D eigenvalue weighted by Gasteiger charge is -2.37. The molecule has 24 heavy (non-hydrogen) atoms. The molecular weight excluding hydrogens is 310 g/mol. The fraction of sp³-hybridized carbons (Fsp3) is 0.824. The van der Waals surface area contributed by atoms with Crippen molar-refractivity contribution in [3.05, 3.63) is 0 Å². The minimum absolute atomic E-state index is 0.112. The summed E-state index contributed by atoms with van der Waals surface area (Å²) in [6, 6.07) is -1.88. The molecule has 0 saturated heterocycles. The van der Waals surface area contributed by atoms with Crippen LogP contribution in [0.5, 0.6) is 0 Å². The predicted molar refractivity (Wildman–Crippen MR) is 93.3 cm³/mol. The van der Waals surface area contributed by atoms with Gasteiger partial charge in [0.05, 0.1) is 13.2 Å². The van der Waals surface area contributed by atoms with Gasteiger partial charge in [-0.05, 0) is 25.3 Å². The summed E-state index contributed by atoms with van der Waals surface area (Å²) >= 11 is 0. The number of amides is 2. The van der Waals surface area contributed by atoms with Crippen LogP contribution in [-0.4, -0.2) is 62.0 Å². The van der Waals surface area contributed by atoms with Crippen LogP contribution < -0.4 is 10.6 Å². The minimum atomic E-state index is -0.753. The summed E-state index contributed by atoms with van der Waals surface area (Å²) in [5.41, 5.74) is -0.508. The lowest BCUT2D eigenvalue weighted by atomic mass is 9.85. The molecule has 2 N–H and O–H groups in total. The lowest BCUT2D eigenvalue weighted by Crippen LogP contribution is -2.59. The van der Waals surface area contributed by atoms with E-state index in [4.69, 9.17) is 4.74 Å². The van der Waals surface area contributed by atoms with Crippen LogP contribution >= 0.6 is 0 Å². The molecule has 0 heterocycles. The van der Waals surface area contributed by atoms with Gasteiger partial charge in [-0.2, -0.15) is 0 Å². The zero-order valence-corrected chi connectivity index (χ0v) is 16.4. The third kappa shape index (κ3) is 5.78. The van der Waals surface area contributed by atoms with Gasteiger partial charge in [0.1, 0.15) is 12.1 Å². The molecule has 0 rings (SSSR count). The number of carbonyl (C=O) groups is 3. The van der Waals surface area contributed by atoms with E-state index >= 15 is 0 Å². The van der Waals surface area contributed by atoms with E-state index in [2.05, 4.69) is 10.6 Å². The standard InChI is InChI=1S/C17H33N3O4/c1-10(2)12(16(23)24-9)20(8)15(22)13(17(4,5)6)19-14(21)11(3)18-7/h10-13,18H,1-9H3,(H,19,21)/t11-,12-,13+/m0/s1. The molecule has 0 bridgehead atoms. The van der Waals surface area contributed by atoms with Crippen LogP contribution in [0.25, 0.3) is 0 Å².